The number of nitrogens with zero attached hydrogens (tertiary/aromatic N) is 4. The molecule has 2 aromatic carbocycles. The highest BCUT2D eigenvalue weighted by molar-refractivity contribution is 6.30. The first-order valence-corrected chi connectivity index (χ1v) is 10.4. The minimum Gasteiger partial charge on any atom is -0.339 e. The van der Waals surface area contributed by atoms with Crippen LogP contribution in [0.15, 0.2) is 51.8 Å². The van der Waals surface area contributed by atoms with Gasteiger partial charge in [-0.25, -0.2) is 4.79 Å². The van der Waals surface area contributed by atoms with Crippen molar-refractivity contribution in [1.82, 2.24) is 19.7 Å². The van der Waals surface area contributed by atoms with Crippen molar-refractivity contribution in [3.05, 3.63) is 63.9 Å². The topological polar surface area (TPSA) is 97.0 Å². The van der Waals surface area contributed by atoms with E-state index in [1.165, 1.54) is 0 Å². The van der Waals surface area contributed by atoms with Gasteiger partial charge in [-0.05, 0) is 50.2 Å². The van der Waals surface area contributed by atoms with Gasteiger partial charge in [0.05, 0.1) is 17.0 Å². The Balaban J connectivity index is 1.41. The molecule has 8 nitrogen and oxygen atoms in total. The summed E-state index contributed by atoms with van der Waals surface area (Å²) in [7, 11) is 0. The number of H-pyrrole nitrogens is 1. The molecule has 0 spiro atoms. The van der Waals surface area contributed by atoms with Gasteiger partial charge in [-0.3, -0.25) is 9.36 Å². The fourth-order valence-corrected chi connectivity index (χ4v) is 4.25. The number of carbonyl (C=O) groups excluding carboxylic acids is 1. The Hall–Kier alpha value is -3.39. The summed E-state index contributed by atoms with van der Waals surface area (Å²) in [5.74, 6) is 0.629. The van der Waals surface area contributed by atoms with Gasteiger partial charge in [-0.15, -0.1) is 0 Å². The minimum absolute atomic E-state index is 0.0129. The Kier molecular flexibility index (Phi) is 4.66. The van der Waals surface area contributed by atoms with Crippen molar-refractivity contribution in [2.24, 2.45) is 0 Å². The van der Waals surface area contributed by atoms with Crippen molar-refractivity contribution < 1.29 is 9.32 Å². The van der Waals surface area contributed by atoms with E-state index in [0.717, 1.165) is 16.8 Å². The highest BCUT2D eigenvalue weighted by Crippen LogP contribution is 2.33. The van der Waals surface area contributed by atoms with E-state index in [-0.39, 0.29) is 30.0 Å². The molecule has 158 valence electrons. The molecule has 1 amide bonds. The number of carbonyl (C=O) groups is 1. The van der Waals surface area contributed by atoms with Crippen LogP contribution in [0.25, 0.3) is 22.4 Å². The molecule has 0 radical (unpaired) electrons. The Morgan fingerprint density at radius 1 is 1.19 bits per heavy atom. The molecule has 1 saturated heterocycles. The summed E-state index contributed by atoms with van der Waals surface area (Å²) in [4.78, 5) is 33.8. The van der Waals surface area contributed by atoms with Gasteiger partial charge in [-0.2, -0.15) is 4.98 Å². The normalized spacial score (nSPS) is 16.7. The predicted octanol–water partition coefficient (Wildman–Crippen LogP) is 4.13. The van der Waals surface area contributed by atoms with Gasteiger partial charge in [0, 0.05) is 35.3 Å². The summed E-state index contributed by atoms with van der Waals surface area (Å²) in [6.45, 7) is 4.37. The standard InChI is InChI=1S/C22H20ClN5O3/c1-12(2)28-18-7-6-13(8-17(18)24-22(28)30)20-25-21(31-26-20)14-9-19(29)27(11-14)16-5-3-4-15(23)10-16/h3-8,10,12,14H,9,11H2,1-2H3,(H,24,30)/t14-/m0/s1. The van der Waals surface area contributed by atoms with Crippen molar-refractivity contribution in [3.63, 3.8) is 0 Å². The number of hydrogen-bond acceptors (Lipinski definition) is 5. The second kappa shape index (κ2) is 7.39. The number of halogens is 1. The molecular formula is C22H20ClN5O3. The second-order valence-electron chi connectivity index (χ2n) is 7.97. The Morgan fingerprint density at radius 3 is 2.81 bits per heavy atom. The van der Waals surface area contributed by atoms with Crippen molar-refractivity contribution in [1.29, 1.82) is 0 Å². The van der Waals surface area contributed by atoms with Crippen molar-refractivity contribution >= 4 is 34.2 Å². The highest BCUT2D eigenvalue weighted by atomic mass is 35.5. The smallest absolute Gasteiger partial charge is 0.326 e. The van der Waals surface area contributed by atoms with Gasteiger partial charge >= 0.3 is 5.69 Å². The first-order chi connectivity index (χ1) is 14.9. The summed E-state index contributed by atoms with van der Waals surface area (Å²) in [6, 6.07) is 12.8. The van der Waals surface area contributed by atoms with Crippen LogP contribution in [0.2, 0.25) is 5.02 Å². The predicted molar refractivity (Wildman–Crippen MR) is 117 cm³/mol. The number of anilines is 1. The maximum absolute atomic E-state index is 12.5. The summed E-state index contributed by atoms with van der Waals surface area (Å²) >= 11 is 6.06. The molecule has 1 aliphatic heterocycles. The molecule has 2 aromatic heterocycles. The number of fused-ring (bicyclic) bond motifs is 1. The Morgan fingerprint density at radius 2 is 2.03 bits per heavy atom. The van der Waals surface area contributed by atoms with Gasteiger partial charge in [0.2, 0.25) is 17.6 Å². The number of imidazole rings is 1. The molecule has 0 bridgehead atoms. The fraction of sp³-hybridized carbons (Fsp3) is 0.273. The van der Waals surface area contributed by atoms with E-state index in [0.29, 0.717) is 28.8 Å². The van der Waals surface area contributed by atoms with Crippen LogP contribution < -0.4 is 10.6 Å². The van der Waals surface area contributed by atoms with Crippen LogP contribution in [0.5, 0.6) is 0 Å². The molecule has 4 aromatic rings. The zero-order valence-electron chi connectivity index (χ0n) is 17.0. The summed E-state index contributed by atoms with van der Waals surface area (Å²) < 4.78 is 7.20. The third-order valence-electron chi connectivity index (χ3n) is 5.53. The number of benzene rings is 2. The number of amides is 1. The maximum Gasteiger partial charge on any atom is 0.326 e. The van der Waals surface area contributed by atoms with E-state index < -0.39 is 0 Å². The lowest BCUT2D eigenvalue weighted by atomic mass is 10.1. The van der Waals surface area contributed by atoms with Crippen molar-refractivity contribution in [2.45, 2.75) is 32.2 Å². The molecule has 3 heterocycles. The van der Waals surface area contributed by atoms with Crippen LogP contribution in [0.4, 0.5) is 5.69 Å². The monoisotopic (exact) mass is 437 g/mol. The van der Waals surface area contributed by atoms with Gasteiger partial charge in [0.25, 0.3) is 0 Å². The molecule has 5 rings (SSSR count). The van der Waals surface area contributed by atoms with Crippen LogP contribution >= 0.6 is 11.6 Å². The molecule has 0 saturated carbocycles. The number of nitrogens with one attached hydrogen (secondary N) is 1. The SMILES string of the molecule is CC(C)n1c(=O)[nH]c2cc(-c3noc([C@H]4CC(=O)N(c5cccc(Cl)c5)C4)n3)ccc21. The van der Waals surface area contributed by atoms with Crippen LogP contribution in [0, 0.1) is 0 Å². The van der Waals surface area contributed by atoms with Gasteiger partial charge in [-0.1, -0.05) is 22.8 Å². The molecule has 1 N–H and O–H groups in total. The van der Waals surface area contributed by atoms with Crippen LogP contribution in [0.1, 0.15) is 38.1 Å². The first kappa shape index (κ1) is 19.6. The van der Waals surface area contributed by atoms with Gasteiger partial charge in [0.1, 0.15) is 0 Å². The number of rotatable bonds is 4. The third-order valence-corrected chi connectivity index (χ3v) is 5.76. The van der Waals surface area contributed by atoms with E-state index in [1.807, 2.05) is 44.2 Å². The molecule has 0 unspecified atom stereocenters. The summed E-state index contributed by atoms with van der Waals surface area (Å²) in [5, 5.41) is 4.68. The van der Waals surface area contributed by atoms with E-state index in [9.17, 15) is 9.59 Å². The van der Waals surface area contributed by atoms with E-state index in [4.69, 9.17) is 16.1 Å². The average molecular weight is 438 g/mol. The maximum atomic E-state index is 12.5. The fourth-order valence-electron chi connectivity index (χ4n) is 4.07. The van der Waals surface area contributed by atoms with E-state index >= 15 is 0 Å². The molecule has 1 aliphatic rings. The number of aromatic nitrogens is 4. The average Bonchev–Trinajstić information content (AvgIpc) is 3.43. The zero-order chi connectivity index (χ0) is 21.7. The molecular weight excluding hydrogens is 418 g/mol. The molecule has 31 heavy (non-hydrogen) atoms. The Bertz CT molecular complexity index is 1350. The largest absolute Gasteiger partial charge is 0.339 e. The first-order valence-electron chi connectivity index (χ1n) is 10.0. The minimum atomic E-state index is -0.196. The van der Waals surface area contributed by atoms with Crippen molar-refractivity contribution in [2.75, 3.05) is 11.4 Å². The van der Waals surface area contributed by atoms with Crippen molar-refractivity contribution in [3.8, 4) is 11.4 Å². The van der Waals surface area contributed by atoms with Crippen LogP contribution in [-0.4, -0.2) is 32.1 Å². The quantitative estimate of drug-likeness (QED) is 0.517. The highest BCUT2D eigenvalue weighted by Gasteiger charge is 2.35. The third kappa shape index (κ3) is 3.42. The lowest BCUT2D eigenvalue weighted by Crippen LogP contribution is -2.24. The van der Waals surface area contributed by atoms with Crippen LogP contribution in [0.3, 0.4) is 0 Å². The lowest BCUT2D eigenvalue weighted by Gasteiger charge is -2.16. The lowest BCUT2D eigenvalue weighted by molar-refractivity contribution is -0.117. The Labute approximate surface area is 182 Å². The number of aromatic amines is 1. The zero-order valence-corrected chi connectivity index (χ0v) is 17.8. The molecule has 9 heteroatoms. The van der Waals surface area contributed by atoms with Crippen LogP contribution in [-0.2, 0) is 4.79 Å². The summed E-state index contributed by atoms with van der Waals surface area (Å²) in [6.07, 6.45) is 0.289. The van der Waals surface area contributed by atoms with Gasteiger partial charge < -0.3 is 14.4 Å². The van der Waals surface area contributed by atoms with E-state index in [2.05, 4.69) is 15.1 Å². The molecule has 1 fully saturated rings. The molecule has 1 atom stereocenters. The molecule has 0 aliphatic carbocycles. The van der Waals surface area contributed by atoms with E-state index in [1.54, 1.807) is 21.6 Å². The number of hydrogen-bond donors (Lipinski definition) is 1. The van der Waals surface area contributed by atoms with Gasteiger partial charge in [0.15, 0.2) is 0 Å². The second-order valence-corrected chi connectivity index (χ2v) is 8.40. The summed E-state index contributed by atoms with van der Waals surface area (Å²) in [5.41, 5.74) is 2.87.